The summed E-state index contributed by atoms with van der Waals surface area (Å²) in [5.74, 6) is -4.49. The highest BCUT2D eigenvalue weighted by Crippen LogP contribution is 2.36. The van der Waals surface area contributed by atoms with Crippen molar-refractivity contribution in [3.8, 4) is 0 Å². The van der Waals surface area contributed by atoms with E-state index in [0.29, 0.717) is 0 Å². The van der Waals surface area contributed by atoms with Gasteiger partial charge in [-0.25, -0.2) is 4.98 Å². The first-order chi connectivity index (χ1) is 23.6. The van der Waals surface area contributed by atoms with E-state index in [1.54, 1.807) is 0 Å². The van der Waals surface area contributed by atoms with Crippen LogP contribution >= 0.6 is 0 Å². The lowest BCUT2D eigenvalue weighted by molar-refractivity contribution is -0.397. The monoisotopic (exact) mass is 719 g/mol. The SMILES string of the molecule is CO[C@H]1OC(CO)[C@@H](O)C(O[C@]2(CNC(=O)CC(=O)NC[C@H]3O[C@@H](n4cnc5c(=O)[nH]c(N)nc54)C(O)C3O)OC(C)[C@@H](O)C(O)C2O)C1O. The molecular weight excluding hydrogens is 678 g/mol. The minimum absolute atomic E-state index is 0.0262. The molecule has 0 spiro atoms. The lowest BCUT2D eigenvalue weighted by atomic mass is 9.91. The molecule has 0 aliphatic carbocycles. The number of aliphatic hydroxyl groups is 8. The Labute approximate surface area is 281 Å². The Kier molecular flexibility index (Phi) is 11.4. The maximum Gasteiger partial charge on any atom is 0.280 e. The van der Waals surface area contributed by atoms with Gasteiger partial charge in [-0.05, 0) is 6.92 Å². The number of hydrogen-bond donors (Lipinski definition) is 12. The number of aliphatic hydroxyl groups excluding tert-OH is 8. The zero-order chi connectivity index (χ0) is 36.7. The number of amides is 2. The van der Waals surface area contributed by atoms with Gasteiger partial charge in [-0.3, -0.25) is 23.9 Å². The zero-order valence-corrected chi connectivity index (χ0v) is 26.7. The molecule has 23 nitrogen and oxygen atoms in total. The Morgan fingerprint density at radius 1 is 1.00 bits per heavy atom. The second-order valence-corrected chi connectivity index (χ2v) is 12.2. The van der Waals surface area contributed by atoms with E-state index in [-0.39, 0.29) is 23.7 Å². The molecule has 14 atom stereocenters. The lowest BCUT2D eigenvalue weighted by Gasteiger charge is -2.51. The molecule has 2 aromatic rings. The van der Waals surface area contributed by atoms with Gasteiger partial charge in [0.05, 0.1) is 25.6 Å². The fourth-order valence-corrected chi connectivity index (χ4v) is 6.05. The summed E-state index contributed by atoms with van der Waals surface area (Å²) in [5, 5.41) is 88.9. The van der Waals surface area contributed by atoms with Crippen LogP contribution < -0.4 is 21.9 Å². The number of methoxy groups -OCH3 is 1. The normalized spacial score (nSPS) is 39.0. The van der Waals surface area contributed by atoms with Crippen LogP contribution in [0.3, 0.4) is 0 Å². The number of rotatable bonds is 11. The number of nitrogens with one attached hydrogen (secondary N) is 3. The van der Waals surface area contributed by atoms with E-state index in [9.17, 15) is 55.2 Å². The van der Waals surface area contributed by atoms with Crippen molar-refractivity contribution in [2.75, 3.05) is 32.5 Å². The molecule has 3 aliphatic heterocycles. The molecule has 3 fully saturated rings. The van der Waals surface area contributed by atoms with Crippen molar-refractivity contribution in [1.29, 1.82) is 0 Å². The number of hydrogen-bond acceptors (Lipinski definition) is 19. The van der Waals surface area contributed by atoms with Gasteiger partial charge < -0.3 is 80.9 Å². The predicted molar refractivity (Wildman–Crippen MR) is 160 cm³/mol. The number of ether oxygens (including phenoxy) is 5. The number of nitrogens with two attached hydrogens (primary N) is 1. The Balaban J connectivity index is 1.22. The molecule has 0 bridgehead atoms. The van der Waals surface area contributed by atoms with Crippen LogP contribution in [-0.4, -0.2) is 178 Å². The van der Waals surface area contributed by atoms with Gasteiger partial charge in [0.1, 0.15) is 67.5 Å². The highest BCUT2D eigenvalue weighted by Gasteiger charge is 2.58. The summed E-state index contributed by atoms with van der Waals surface area (Å²) in [6.07, 6.45) is -19.9. The average Bonchev–Trinajstić information content (AvgIpc) is 3.62. The molecule has 280 valence electrons. The molecule has 3 saturated heterocycles. The molecule has 8 unspecified atom stereocenters. The first-order valence-electron chi connectivity index (χ1n) is 15.4. The second-order valence-electron chi connectivity index (χ2n) is 12.2. The van der Waals surface area contributed by atoms with E-state index in [1.165, 1.54) is 18.6 Å². The standard InChI is InChI=1S/C27H41N7O16/c1-8-14(38)17(41)21(44)27(49-8,50-20-16(40)10(5-35)48-25(46-2)19(20)43)6-30-12(37)3-11(36)29-4-9-15(39)18(42)24(47-9)34-7-31-13-22(34)32-26(28)33-23(13)45/h7-10,14-21,24-25,35,38-44H,3-6H2,1-2H3,(H,29,36)(H,30,37)(H3,28,32,33,45)/t8?,9-,10?,14-,15?,16-,17?,18?,19?,20?,21?,24-,25+,27+/m1/s1. The summed E-state index contributed by atoms with van der Waals surface area (Å²) >= 11 is 0. The van der Waals surface area contributed by atoms with Crippen LogP contribution in [0.1, 0.15) is 19.6 Å². The Morgan fingerprint density at radius 2 is 1.70 bits per heavy atom. The van der Waals surface area contributed by atoms with Crippen LogP contribution in [0.15, 0.2) is 11.1 Å². The van der Waals surface area contributed by atoms with Crippen molar-refractivity contribution >= 4 is 28.9 Å². The topological polar surface area (TPSA) is 356 Å². The number of imidazole rings is 1. The summed E-state index contributed by atoms with van der Waals surface area (Å²) in [6, 6.07) is 0. The van der Waals surface area contributed by atoms with Crippen molar-refractivity contribution in [2.45, 2.75) is 98.8 Å². The van der Waals surface area contributed by atoms with Gasteiger partial charge in [0.25, 0.3) is 5.56 Å². The van der Waals surface area contributed by atoms with E-state index < -0.39 is 122 Å². The first kappa shape index (κ1) is 37.8. The van der Waals surface area contributed by atoms with E-state index >= 15 is 0 Å². The molecule has 23 heteroatoms. The highest BCUT2D eigenvalue weighted by atomic mass is 16.7. The number of fused-ring (bicyclic) bond motifs is 1. The van der Waals surface area contributed by atoms with Crippen LogP contribution in [0, 0.1) is 0 Å². The van der Waals surface area contributed by atoms with Gasteiger partial charge in [-0.1, -0.05) is 0 Å². The Hall–Kier alpha value is -3.43. The number of H-pyrrole nitrogens is 1. The van der Waals surface area contributed by atoms with E-state index in [4.69, 9.17) is 29.4 Å². The first-order valence-corrected chi connectivity index (χ1v) is 15.4. The Morgan fingerprint density at radius 3 is 2.38 bits per heavy atom. The fourth-order valence-electron chi connectivity index (χ4n) is 6.05. The third kappa shape index (κ3) is 7.18. The molecule has 0 saturated carbocycles. The van der Waals surface area contributed by atoms with Gasteiger partial charge in [-0.2, -0.15) is 4.98 Å². The van der Waals surface area contributed by atoms with Crippen LogP contribution in [-0.2, 0) is 33.3 Å². The molecule has 5 heterocycles. The van der Waals surface area contributed by atoms with Crippen molar-refractivity contribution in [3.05, 3.63) is 16.7 Å². The van der Waals surface area contributed by atoms with E-state index in [1.807, 2.05) is 0 Å². The Bertz CT molecular complexity index is 1560. The largest absolute Gasteiger partial charge is 0.394 e. The third-order valence-corrected chi connectivity index (χ3v) is 8.80. The maximum absolute atomic E-state index is 12.9. The molecule has 2 amide bonds. The minimum Gasteiger partial charge on any atom is -0.394 e. The molecule has 0 aromatic carbocycles. The maximum atomic E-state index is 12.9. The van der Waals surface area contributed by atoms with Crippen molar-refractivity contribution in [3.63, 3.8) is 0 Å². The number of carbonyl (C=O) groups excluding carboxylic acids is 2. The smallest absolute Gasteiger partial charge is 0.280 e. The van der Waals surface area contributed by atoms with E-state index in [0.717, 1.165) is 6.33 Å². The van der Waals surface area contributed by atoms with Gasteiger partial charge in [0, 0.05) is 13.7 Å². The van der Waals surface area contributed by atoms with Crippen molar-refractivity contribution in [1.82, 2.24) is 30.2 Å². The molecule has 13 N–H and O–H groups in total. The van der Waals surface area contributed by atoms with E-state index in [2.05, 4.69) is 25.6 Å². The van der Waals surface area contributed by atoms with Gasteiger partial charge in [0.2, 0.25) is 23.5 Å². The van der Waals surface area contributed by atoms with Crippen LogP contribution in [0.4, 0.5) is 5.95 Å². The summed E-state index contributed by atoms with van der Waals surface area (Å²) in [4.78, 5) is 47.9. The average molecular weight is 720 g/mol. The number of nitrogen functional groups attached to an aromatic ring is 1. The fraction of sp³-hybridized carbons (Fsp3) is 0.741. The molecule has 50 heavy (non-hydrogen) atoms. The van der Waals surface area contributed by atoms with Crippen molar-refractivity contribution in [2.24, 2.45) is 0 Å². The van der Waals surface area contributed by atoms with Crippen LogP contribution in [0.5, 0.6) is 0 Å². The number of aromatic amines is 1. The third-order valence-electron chi connectivity index (χ3n) is 8.80. The lowest BCUT2D eigenvalue weighted by Crippen LogP contribution is -2.71. The number of anilines is 1. The minimum atomic E-state index is -2.43. The summed E-state index contributed by atoms with van der Waals surface area (Å²) in [6.45, 7) is -0.581. The van der Waals surface area contributed by atoms with Gasteiger partial charge in [0.15, 0.2) is 23.7 Å². The van der Waals surface area contributed by atoms with Crippen LogP contribution in [0.2, 0.25) is 0 Å². The number of carbonyl (C=O) groups is 2. The number of nitrogens with zero attached hydrogens (tertiary/aromatic N) is 3. The molecule has 0 radical (unpaired) electrons. The quantitative estimate of drug-likeness (QED) is 0.0959. The summed E-state index contributed by atoms with van der Waals surface area (Å²) in [5.41, 5.74) is 4.84. The van der Waals surface area contributed by atoms with Crippen LogP contribution in [0.25, 0.3) is 11.2 Å². The zero-order valence-electron chi connectivity index (χ0n) is 26.7. The highest BCUT2D eigenvalue weighted by molar-refractivity contribution is 5.96. The van der Waals surface area contributed by atoms with Gasteiger partial charge >= 0.3 is 0 Å². The van der Waals surface area contributed by atoms with Gasteiger partial charge in [-0.15, -0.1) is 0 Å². The molecule has 2 aromatic heterocycles. The molecular formula is C27H41N7O16. The summed E-state index contributed by atoms with van der Waals surface area (Å²) < 4.78 is 28.8. The second kappa shape index (κ2) is 15.0. The molecule has 3 aliphatic rings. The number of aromatic nitrogens is 4. The van der Waals surface area contributed by atoms with Crippen molar-refractivity contribution < 1.29 is 74.1 Å². The predicted octanol–water partition coefficient (Wildman–Crippen LogP) is -7.39. The summed E-state index contributed by atoms with van der Waals surface area (Å²) in [7, 11) is 1.17. The molecule has 5 rings (SSSR count).